The van der Waals surface area contributed by atoms with Gasteiger partial charge in [0, 0.05) is 4.47 Å². The molecule has 0 spiro atoms. The molecule has 3 aromatic carbocycles. The summed E-state index contributed by atoms with van der Waals surface area (Å²) in [5.74, 6) is 0.0193. The third-order valence-corrected chi connectivity index (χ3v) is 7.67. The summed E-state index contributed by atoms with van der Waals surface area (Å²) < 4.78 is 37.0. The number of hydrogen-bond donors (Lipinski definition) is 0. The third kappa shape index (κ3) is 5.14. The molecule has 1 saturated heterocycles. The minimum absolute atomic E-state index is 0.0349. The molecule has 1 aliphatic rings. The second-order valence-electron chi connectivity index (χ2n) is 6.75. The molecule has 0 unspecified atom stereocenters. The van der Waals surface area contributed by atoms with Gasteiger partial charge in [-0.2, -0.15) is 8.42 Å². The largest absolute Gasteiger partial charge is 0.493 e. The van der Waals surface area contributed by atoms with Gasteiger partial charge in [-0.05, 0) is 60.2 Å². The molecule has 0 saturated carbocycles. The van der Waals surface area contributed by atoms with Crippen molar-refractivity contribution in [2.24, 2.45) is 0 Å². The van der Waals surface area contributed by atoms with Crippen LogP contribution < -0.4 is 13.8 Å². The van der Waals surface area contributed by atoms with Gasteiger partial charge in [-0.1, -0.05) is 64.2 Å². The van der Waals surface area contributed by atoms with Gasteiger partial charge in [0.15, 0.2) is 15.8 Å². The van der Waals surface area contributed by atoms with Crippen molar-refractivity contribution >= 4 is 72.0 Å². The van der Waals surface area contributed by atoms with Crippen molar-refractivity contribution in [3.63, 3.8) is 0 Å². The summed E-state index contributed by atoms with van der Waals surface area (Å²) in [7, 11) is -2.61. The van der Waals surface area contributed by atoms with Gasteiger partial charge in [-0.3, -0.25) is 9.69 Å². The number of thiocarbonyl (C=S) groups is 1. The fourth-order valence-corrected chi connectivity index (χ4v) is 5.55. The van der Waals surface area contributed by atoms with Crippen molar-refractivity contribution in [3.05, 3.63) is 87.7 Å². The van der Waals surface area contributed by atoms with E-state index in [0.29, 0.717) is 20.5 Å². The molecule has 1 heterocycles. The first-order valence-corrected chi connectivity index (χ1v) is 12.9. The Morgan fingerprint density at radius 3 is 2.36 bits per heavy atom. The van der Waals surface area contributed by atoms with Gasteiger partial charge in [0.05, 0.1) is 17.7 Å². The van der Waals surface area contributed by atoms with E-state index < -0.39 is 10.1 Å². The Morgan fingerprint density at radius 2 is 1.70 bits per heavy atom. The number of carbonyl (C=O) groups excluding carboxylic acids is 1. The Kier molecular flexibility index (Phi) is 6.89. The van der Waals surface area contributed by atoms with E-state index in [1.165, 1.54) is 42.0 Å². The van der Waals surface area contributed by atoms with E-state index in [1.54, 1.807) is 48.5 Å². The molecule has 0 bridgehead atoms. The number of thioether (sulfide) groups is 1. The fraction of sp³-hybridized carbons (Fsp3) is 0.0435. The van der Waals surface area contributed by atoms with Gasteiger partial charge >= 0.3 is 10.1 Å². The van der Waals surface area contributed by atoms with Crippen LogP contribution in [0.4, 0.5) is 5.69 Å². The molecular weight excluding hydrogens is 546 g/mol. The first kappa shape index (κ1) is 23.5. The number of carbonyl (C=O) groups is 1. The monoisotopic (exact) mass is 561 g/mol. The molecule has 168 valence electrons. The van der Waals surface area contributed by atoms with Crippen molar-refractivity contribution in [2.45, 2.75) is 4.90 Å². The zero-order chi connectivity index (χ0) is 23.6. The lowest BCUT2D eigenvalue weighted by Crippen LogP contribution is -2.27. The maximum absolute atomic E-state index is 13.0. The number of rotatable bonds is 6. The van der Waals surface area contributed by atoms with Crippen LogP contribution in [0.25, 0.3) is 6.08 Å². The zero-order valence-electron chi connectivity index (χ0n) is 17.1. The van der Waals surface area contributed by atoms with E-state index >= 15 is 0 Å². The van der Waals surface area contributed by atoms with Gasteiger partial charge in [-0.25, -0.2) is 0 Å². The summed E-state index contributed by atoms with van der Waals surface area (Å²) in [5.41, 5.74) is 1.31. The lowest BCUT2D eigenvalue weighted by atomic mass is 10.2. The Bertz CT molecular complexity index is 1360. The second kappa shape index (κ2) is 9.68. The molecule has 3 aromatic rings. The molecule has 4 rings (SSSR count). The first-order chi connectivity index (χ1) is 15.8. The van der Waals surface area contributed by atoms with Crippen LogP contribution in [-0.2, 0) is 14.9 Å². The molecule has 10 heteroatoms. The van der Waals surface area contributed by atoms with E-state index in [0.717, 1.165) is 4.47 Å². The molecule has 1 amide bonds. The predicted molar refractivity (Wildman–Crippen MR) is 137 cm³/mol. The maximum Gasteiger partial charge on any atom is 0.339 e. The highest BCUT2D eigenvalue weighted by Gasteiger charge is 2.33. The summed E-state index contributed by atoms with van der Waals surface area (Å²) in [6, 6.07) is 19.9. The van der Waals surface area contributed by atoms with E-state index in [4.69, 9.17) is 21.1 Å². The quantitative estimate of drug-likeness (QED) is 0.219. The van der Waals surface area contributed by atoms with Crippen LogP contribution in [-0.4, -0.2) is 25.8 Å². The van der Waals surface area contributed by atoms with Gasteiger partial charge in [0.25, 0.3) is 5.91 Å². The Hall–Kier alpha value is -2.66. The zero-order valence-corrected chi connectivity index (χ0v) is 21.1. The number of methoxy groups -OCH3 is 1. The smallest absolute Gasteiger partial charge is 0.339 e. The molecule has 0 aromatic heterocycles. The highest BCUT2D eigenvalue weighted by atomic mass is 79.9. The fourth-order valence-electron chi connectivity index (χ4n) is 3.03. The minimum Gasteiger partial charge on any atom is -0.493 e. The van der Waals surface area contributed by atoms with E-state index in [1.807, 2.05) is 12.1 Å². The Morgan fingerprint density at radius 1 is 1.00 bits per heavy atom. The summed E-state index contributed by atoms with van der Waals surface area (Å²) in [5, 5.41) is 0. The molecular formula is C23H16BrNO5S3. The number of benzene rings is 3. The SMILES string of the molecule is COc1cc(/C=C2\SC(=S)N(c3ccc(Br)cc3)C2=O)ccc1OS(=O)(=O)c1ccccc1. The average Bonchev–Trinajstić information content (AvgIpc) is 3.08. The molecule has 0 aliphatic carbocycles. The molecule has 1 aliphatic heterocycles. The van der Waals surface area contributed by atoms with Crippen LogP contribution in [0.5, 0.6) is 11.5 Å². The summed E-state index contributed by atoms with van der Waals surface area (Å²) >= 11 is 9.97. The topological polar surface area (TPSA) is 72.9 Å². The normalized spacial score (nSPS) is 15.2. The third-order valence-electron chi connectivity index (χ3n) is 4.60. The first-order valence-electron chi connectivity index (χ1n) is 9.49. The van der Waals surface area contributed by atoms with Gasteiger partial charge in [0.1, 0.15) is 4.90 Å². The number of nitrogens with zero attached hydrogens (tertiary/aromatic N) is 1. The van der Waals surface area contributed by atoms with E-state index in [2.05, 4.69) is 15.9 Å². The van der Waals surface area contributed by atoms with Crippen molar-refractivity contribution in [2.75, 3.05) is 12.0 Å². The minimum atomic E-state index is -4.02. The van der Waals surface area contributed by atoms with Crippen LogP contribution in [0.3, 0.4) is 0 Å². The number of ether oxygens (including phenoxy) is 1. The number of amides is 1. The second-order valence-corrected chi connectivity index (χ2v) is 10.9. The molecule has 0 radical (unpaired) electrons. The number of halogens is 1. The number of hydrogen-bond acceptors (Lipinski definition) is 7. The Balaban J connectivity index is 1.60. The highest BCUT2D eigenvalue weighted by Crippen LogP contribution is 2.38. The summed E-state index contributed by atoms with van der Waals surface area (Å²) in [6.45, 7) is 0. The summed E-state index contributed by atoms with van der Waals surface area (Å²) in [6.07, 6.45) is 1.68. The van der Waals surface area contributed by atoms with Crippen molar-refractivity contribution in [3.8, 4) is 11.5 Å². The lowest BCUT2D eigenvalue weighted by molar-refractivity contribution is -0.113. The van der Waals surface area contributed by atoms with Crippen molar-refractivity contribution in [1.82, 2.24) is 0 Å². The predicted octanol–water partition coefficient (Wildman–Crippen LogP) is 5.63. The standard InChI is InChI=1S/C23H16BrNO5S3/c1-29-20-13-15(7-12-19(20)30-33(27,28)18-5-3-2-4-6-18)14-21-22(26)25(23(31)32-21)17-10-8-16(24)9-11-17/h2-14H,1H3/b21-14-. The van der Waals surface area contributed by atoms with Crippen LogP contribution in [0, 0.1) is 0 Å². The molecule has 1 fully saturated rings. The Labute approximate surface area is 209 Å². The van der Waals surface area contributed by atoms with Crippen LogP contribution >= 0.6 is 39.9 Å². The summed E-state index contributed by atoms with van der Waals surface area (Å²) in [4.78, 5) is 14.9. The van der Waals surface area contributed by atoms with Crippen molar-refractivity contribution < 1.29 is 22.1 Å². The van der Waals surface area contributed by atoms with Crippen LogP contribution in [0.2, 0.25) is 0 Å². The average molecular weight is 562 g/mol. The van der Waals surface area contributed by atoms with E-state index in [9.17, 15) is 13.2 Å². The molecule has 33 heavy (non-hydrogen) atoms. The number of anilines is 1. The lowest BCUT2D eigenvalue weighted by Gasteiger charge is -2.14. The van der Waals surface area contributed by atoms with Gasteiger partial charge in [-0.15, -0.1) is 0 Å². The van der Waals surface area contributed by atoms with Gasteiger partial charge in [0.2, 0.25) is 0 Å². The maximum atomic E-state index is 13.0. The molecule has 0 N–H and O–H groups in total. The highest BCUT2D eigenvalue weighted by molar-refractivity contribution is 9.10. The van der Waals surface area contributed by atoms with Crippen LogP contribution in [0.15, 0.2) is 87.1 Å². The van der Waals surface area contributed by atoms with Crippen molar-refractivity contribution in [1.29, 1.82) is 0 Å². The van der Waals surface area contributed by atoms with E-state index in [-0.39, 0.29) is 22.3 Å². The molecule has 0 atom stereocenters. The van der Waals surface area contributed by atoms with Gasteiger partial charge < -0.3 is 8.92 Å². The van der Waals surface area contributed by atoms with Crippen LogP contribution in [0.1, 0.15) is 5.56 Å². The molecule has 6 nitrogen and oxygen atoms in total.